The minimum Gasteiger partial charge on any atom is -0.507 e. The van der Waals surface area contributed by atoms with Gasteiger partial charge in [-0.3, -0.25) is 0 Å². The van der Waals surface area contributed by atoms with Crippen molar-refractivity contribution in [2.45, 2.75) is 6.04 Å². The first-order valence-electron chi connectivity index (χ1n) is 3.60. The first kappa shape index (κ1) is 7.89. The summed E-state index contributed by atoms with van der Waals surface area (Å²) in [4.78, 5) is 0. The van der Waals surface area contributed by atoms with Gasteiger partial charge in [0.25, 0.3) is 0 Å². The lowest BCUT2D eigenvalue weighted by molar-refractivity contribution is 0.331. The van der Waals surface area contributed by atoms with Gasteiger partial charge in [-0.05, 0) is 28.1 Å². The van der Waals surface area contributed by atoms with E-state index in [0.29, 0.717) is 17.9 Å². The van der Waals surface area contributed by atoms with Crippen molar-refractivity contribution in [3.63, 3.8) is 0 Å². The molecule has 2 rings (SSSR count). The Morgan fingerprint density at radius 2 is 2.33 bits per heavy atom. The zero-order valence-electron chi connectivity index (χ0n) is 6.25. The quantitative estimate of drug-likeness (QED) is 0.710. The third kappa shape index (κ3) is 0.990. The molecular weight excluding hydrogens is 222 g/mol. The van der Waals surface area contributed by atoms with E-state index in [0.717, 1.165) is 4.47 Å². The second kappa shape index (κ2) is 2.64. The van der Waals surface area contributed by atoms with Crippen molar-refractivity contribution in [3.05, 3.63) is 22.2 Å². The van der Waals surface area contributed by atoms with Crippen LogP contribution in [-0.2, 0) is 0 Å². The van der Waals surface area contributed by atoms with E-state index in [4.69, 9.17) is 10.5 Å². The zero-order chi connectivity index (χ0) is 8.72. The van der Waals surface area contributed by atoms with E-state index in [9.17, 15) is 5.11 Å². The predicted octanol–water partition coefficient (Wildman–Crippen LogP) is 1.55. The standard InChI is InChI=1S/C8H8BrNO2/c9-4-1-2-6(11)7-5(10)3-12-8(4)7/h1-2,5,11H,3,10H2. The predicted molar refractivity (Wildman–Crippen MR) is 48.2 cm³/mol. The maximum atomic E-state index is 9.45. The molecule has 1 aromatic rings. The summed E-state index contributed by atoms with van der Waals surface area (Å²) < 4.78 is 6.13. The van der Waals surface area contributed by atoms with Gasteiger partial charge in [0.1, 0.15) is 18.1 Å². The van der Waals surface area contributed by atoms with Gasteiger partial charge in [-0.25, -0.2) is 0 Å². The SMILES string of the molecule is NC1COc2c(Br)ccc(O)c21. The molecule has 12 heavy (non-hydrogen) atoms. The van der Waals surface area contributed by atoms with Crippen LogP contribution in [-0.4, -0.2) is 11.7 Å². The molecule has 3 nitrogen and oxygen atoms in total. The van der Waals surface area contributed by atoms with E-state index in [1.54, 1.807) is 12.1 Å². The second-order valence-electron chi connectivity index (χ2n) is 2.73. The van der Waals surface area contributed by atoms with Crippen molar-refractivity contribution in [2.24, 2.45) is 5.73 Å². The van der Waals surface area contributed by atoms with Gasteiger partial charge in [0.15, 0.2) is 0 Å². The van der Waals surface area contributed by atoms with Crippen LogP contribution in [0, 0.1) is 0 Å². The molecule has 0 aliphatic carbocycles. The Labute approximate surface area is 78.3 Å². The highest BCUT2D eigenvalue weighted by molar-refractivity contribution is 9.10. The first-order chi connectivity index (χ1) is 5.70. The fourth-order valence-corrected chi connectivity index (χ4v) is 1.78. The Hall–Kier alpha value is -0.740. The summed E-state index contributed by atoms with van der Waals surface area (Å²) in [6.07, 6.45) is 0. The number of hydrogen-bond acceptors (Lipinski definition) is 3. The molecule has 0 saturated carbocycles. The van der Waals surface area contributed by atoms with Gasteiger partial charge in [0, 0.05) is 0 Å². The fourth-order valence-electron chi connectivity index (χ4n) is 1.32. The minimum atomic E-state index is -0.211. The molecule has 0 spiro atoms. The van der Waals surface area contributed by atoms with Crippen molar-refractivity contribution < 1.29 is 9.84 Å². The van der Waals surface area contributed by atoms with Gasteiger partial charge < -0.3 is 15.6 Å². The lowest BCUT2D eigenvalue weighted by atomic mass is 10.1. The highest BCUT2D eigenvalue weighted by Crippen LogP contribution is 2.42. The van der Waals surface area contributed by atoms with Gasteiger partial charge in [0.05, 0.1) is 16.1 Å². The van der Waals surface area contributed by atoms with E-state index in [1.165, 1.54) is 0 Å². The number of rotatable bonds is 0. The Morgan fingerprint density at radius 3 is 3.00 bits per heavy atom. The molecule has 3 N–H and O–H groups in total. The summed E-state index contributed by atoms with van der Waals surface area (Å²) in [5, 5.41) is 9.45. The van der Waals surface area contributed by atoms with E-state index < -0.39 is 0 Å². The Morgan fingerprint density at radius 1 is 1.58 bits per heavy atom. The van der Waals surface area contributed by atoms with Gasteiger partial charge in [0.2, 0.25) is 0 Å². The van der Waals surface area contributed by atoms with Crippen molar-refractivity contribution >= 4 is 15.9 Å². The highest BCUT2D eigenvalue weighted by atomic mass is 79.9. The maximum absolute atomic E-state index is 9.45. The summed E-state index contributed by atoms with van der Waals surface area (Å²) in [5.74, 6) is 0.876. The van der Waals surface area contributed by atoms with Gasteiger partial charge in [-0.1, -0.05) is 0 Å². The highest BCUT2D eigenvalue weighted by Gasteiger charge is 2.26. The summed E-state index contributed by atoms with van der Waals surface area (Å²) in [5.41, 5.74) is 6.41. The molecule has 64 valence electrons. The monoisotopic (exact) mass is 229 g/mol. The molecule has 1 aromatic carbocycles. The molecule has 0 radical (unpaired) electrons. The van der Waals surface area contributed by atoms with Crippen LogP contribution in [0.3, 0.4) is 0 Å². The summed E-state index contributed by atoms with van der Waals surface area (Å²) in [6.45, 7) is 0.436. The Kier molecular flexibility index (Phi) is 1.73. The van der Waals surface area contributed by atoms with Crippen LogP contribution in [0.25, 0.3) is 0 Å². The van der Waals surface area contributed by atoms with Gasteiger partial charge in [-0.15, -0.1) is 0 Å². The lowest BCUT2D eigenvalue weighted by Gasteiger charge is -2.04. The first-order valence-corrected chi connectivity index (χ1v) is 4.39. The van der Waals surface area contributed by atoms with Crippen molar-refractivity contribution in [1.29, 1.82) is 0 Å². The van der Waals surface area contributed by atoms with Crippen LogP contribution in [0.5, 0.6) is 11.5 Å². The molecule has 1 unspecified atom stereocenters. The lowest BCUT2D eigenvalue weighted by Crippen LogP contribution is -2.10. The average molecular weight is 230 g/mol. The number of phenolic OH excluding ortho intramolecular Hbond substituents is 1. The van der Waals surface area contributed by atoms with Crippen LogP contribution in [0.1, 0.15) is 11.6 Å². The molecule has 1 aliphatic rings. The van der Waals surface area contributed by atoms with E-state index in [2.05, 4.69) is 15.9 Å². The summed E-state index contributed by atoms with van der Waals surface area (Å²) in [7, 11) is 0. The van der Waals surface area contributed by atoms with Crippen LogP contribution in [0.4, 0.5) is 0 Å². The van der Waals surface area contributed by atoms with Gasteiger partial charge in [-0.2, -0.15) is 0 Å². The number of phenols is 1. The zero-order valence-corrected chi connectivity index (χ0v) is 7.84. The van der Waals surface area contributed by atoms with Crippen molar-refractivity contribution in [2.75, 3.05) is 6.61 Å². The molecule has 1 atom stereocenters. The summed E-state index contributed by atoms with van der Waals surface area (Å²) in [6, 6.07) is 3.14. The summed E-state index contributed by atoms with van der Waals surface area (Å²) >= 11 is 3.32. The molecule has 4 heteroatoms. The van der Waals surface area contributed by atoms with Crippen LogP contribution >= 0.6 is 15.9 Å². The Balaban J connectivity index is 2.64. The molecule has 0 saturated heterocycles. The molecule has 1 heterocycles. The van der Waals surface area contributed by atoms with Crippen LogP contribution < -0.4 is 10.5 Å². The molecule has 1 aliphatic heterocycles. The number of benzene rings is 1. The molecule has 0 bridgehead atoms. The van der Waals surface area contributed by atoms with Crippen molar-refractivity contribution in [3.8, 4) is 11.5 Å². The molecular formula is C8H8BrNO2. The van der Waals surface area contributed by atoms with Crippen LogP contribution in [0.15, 0.2) is 16.6 Å². The second-order valence-corrected chi connectivity index (χ2v) is 3.58. The molecule has 0 aromatic heterocycles. The number of fused-ring (bicyclic) bond motifs is 1. The van der Waals surface area contributed by atoms with Crippen LogP contribution in [0.2, 0.25) is 0 Å². The van der Waals surface area contributed by atoms with Gasteiger partial charge >= 0.3 is 0 Å². The largest absolute Gasteiger partial charge is 0.507 e. The number of halogens is 1. The molecule has 0 fully saturated rings. The third-order valence-electron chi connectivity index (χ3n) is 1.90. The normalized spacial score (nSPS) is 20.3. The number of nitrogens with two attached hydrogens (primary N) is 1. The van der Waals surface area contributed by atoms with E-state index >= 15 is 0 Å². The number of hydrogen-bond donors (Lipinski definition) is 2. The number of aromatic hydroxyl groups is 1. The molecule has 0 amide bonds. The number of ether oxygens (including phenoxy) is 1. The van der Waals surface area contributed by atoms with Crippen molar-refractivity contribution in [1.82, 2.24) is 0 Å². The maximum Gasteiger partial charge on any atom is 0.142 e. The minimum absolute atomic E-state index is 0.207. The average Bonchev–Trinajstić information content (AvgIpc) is 2.42. The topological polar surface area (TPSA) is 55.5 Å². The fraction of sp³-hybridized carbons (Fsp3) is 0.250. The van der Waals surface area contributed by atoms with E-state index in [-0.39, 0.29) is 11.8 Å². The third-order valence-corrected chi connectivity index (χ3v) is 2.53. The van der Waals surface area contributed by atoms with E-state index in [1.807, 2.05) is 0 Å². The smallest absolute Gasteiger partial charge is 0.142 e. The Bertz CT molecular complexity index is 327.